The maximum absolute atomic E-state index is 13.3. The van der Waals surface area contributed by atoms with E-state index in [2.05, 4.69) is 0 Å². The van der Waals surface area contributed by atoms with Gasteiger partial charge >= 0.3 is 5.97 Å². The molecule has 184 valence electrons. The number of nitrogens with zero attached hydrogens (tertiary/aromatic N) is 1. The molecule has 3 aromatic rings. The monoisotopic (exact) mass is 487 g/mol. The number of aryl methyl sites for hydroxylation is 1. The Morgan fingerprint density at radius 2 is 1.58 bits per heavy atom. The van der Waals surface area contributed by atoms with E-state index >= 15 is 0 Å². The molecule has 1 heterocycles. The quantitative estimate of drug-likeness (QED) is 0.291. The highest BCUT2D eigenvalue weighted by atomic mass is 16.5. The van der Waals surface area contributed by atoms with Crippen molar-refractivity contribution in [2.45, 2.75) is 19.4 Å². The van der Waals surface area contributed by atoms with Gasteiger partial charge in [-0.2, -0.15) is 0 Å². The molecular weight excluding hydrogens is 462 g/mol. The van der Waals surface area contributed by atoms with E-state index in [1.54, 1.807) is 73.7 Å². The van der Waals surface area contributed by atoms with Gasteiger partial charge < -0.3 is 19.7 Å². The van der Waals surface area contributed by atoms with Crippen LogP contribution in [0.25, 0.3) is 5.76 Å². The number of ether oxygens (including phenoxy) is 2. The SMILES string of the molecule is COc1cccc(C2/C(=C(/O)c3ccc(OC)cc3C)C(=O)C(=O)N2c2ccc(CC(=O)O)cc2)c1. The summed E-state index contributed by atoms with van der Waals surface area (Å²) in [6.07, 6.45) is -0.171. The molecule has 1 atom stereocenters. The fourth-order valence-electron chi connectivity index (χ4n) is 4.35. The van der Waals surface area contributed by atoms with Gasteiger partial charge in [0.2, 0.25) is 0 Å². The molecule has 0 aliphatic carbocycles. The zero-order valence-electron chi connectivity index (χ0n) is 20.0. The van der Waals surface area contributed by atoms with E-state index in [1.165, 1.54) is 19.1 Å². The predicted octanol–water partition coefficient (Wildman–Crippen LogP) is 4.27. The van der Waals surface area contributed by atoms with E-state index in [4.69, 9.17) is 14.6 Å². The van der Waals surface area contributed by atoms with Gasteiger partial charge in [-0.1, -0.05) is 24.3 Å². The van der Waals surface area contributed by atoms with Crippen LogP contribution < -0.4 is 14.4 Å². The van der Waals surface area contributed by atoms with E-state index < -0.39 is 23.7 Å². The number of amides is 1. The third-order valence-corrected chi connectivity index (χ3v) is 6.11. The highest BCUT2D eigenvalue weighted by molar-refractivity contribution is 6.51. The van der Waals surface area contributed by atoms with Gasteiger partial charge in [-0.3, -0.25) is 19.3 Å². The predicted molar refractivity (Wildman–Crippen MR) is 133 cm³/mol. The number of Topliss-reactive ketones (excluding diaryl/α,β-unsaturated/α-hetero) is 1. The standard InChI is InChI=1S/C28H25NO7/c1-16-13-21(36-3)11-12-22(16)26(32)24-25(18-5-4-6-20(15-18)35-2)29(28(34)27(24)33)19-9-7-17(8-10-19)14-23(30)31/h4-13,15,25,32H,14H2,1-3H3,(H,30,31)/b26-24-. The highest BCUT2D eigenvalue weighted by Crippen LogP contribution is 2.43. The van der Waals surface area contributed by atoms with Crippen LogP contribution in [0.5, 0.6) is 11.5 Å². The van der Waals surface area contributed by atoms with Crippen molar-refractivity contribution < 1.29 is 34.1 Å². The minimum atomic E-state index is -0.977. The van der Waals surface area contributed by atoms with Gasteiger partial charge in [0.05, 0.1) is 32.3 Å². The van der Waals surface area contributed by atoms with Crippen LogP contribution in [0.2, 0.25) is 0 Å². The second kappa shape index (κ2) is 9.95. The van der Waals surface area contributed by atoms with Crippen molar-refractivity contribution >= 4 is 29.1 Å². The number of benzene rings is 3. The normalized spacial score (nSPS) is 16.8. The molecular formula is C28H25NO7. The zero-order valence-corrected chi connectivity index (χ0v) is 20.0. The van der Waals surface area contributed by atoms with Gasteiger partial charge in [0.1, 0.15) is 17.3 Å². The Balaban J connectivity index is 1.90. The van der Waals surface area contributed by atoms with Gasteiger partial charge in [-0.15, -0.1) is 0 Å². The molecule has 1 fully saturated rings. The number of aliphatic hydroxyl groups is 1. The van der Waals surface area contributed by atoms with Crippen molar-refractivity contribution in [3.05, 3.63) is 94.6 Å². The first-order valence-corrected chi connectivity index (χ1v) is 11.2. The van der Waals surface area contributed by atoms with Crippen LogP contribution >= 0.6 is 0 Å². The summed E-state index contributed by atoms with van der Waals surface area (Å²) >= 11 is 0. The number of hydrogen-bond acceptors (Lipinski definition) is 6. The fourth-order valence-corrected chi connectivity index (χ4v) is 4.35. The van der Waals surface area contributed by atoms with E-state index in [9.17, 15) is 19.5 Å². The second-order valence-electron chi connectivity index (χ2n) is 8.36. The summed E-state index contributed by atoms with van der Waals surface area (Å²) in [5.41, 5.74) is 2.52. The lowest BCUT2D eigenvalue weighted by Crippen LogP contribution is -2.29. The molecule has 8 heteroatoms. The van der Waals surface area contributed by atoms with Crippen molar-refractivity contribution in [3.63, 3.8) is 0 Å². The molecule has 36 heavy (non-hydrogen) atoms. The molecule has 0 saturated carbocycles. The maximum atomic E-state index is 13.3. The Morgan fingerprint density at radius 3 is 2.19 bits per heavy atom. The number of carboxylic acids is 1. The summed E-state index contributed by atoms with van der Waals surface area (Å²) in [6, 6.07) is 17.4. The molecule has 2 N–H and O–H groups in total. The van der Waals surface area contributed by atoms with E-state index in [0.717, 1.165) is 0 Å². The van der Waals surface area contributed by atoms with Crippen molar-refractivity contribution in [1.29, 1.82) is 0 Å². The Morgan fingerprint density at radius 1 is 0.917 bits per heavy atom. The molecule has 1 unspecified atom stereocenters. The molecule has 0 radical (unpaired) electrons. The first-order valence-electron chi connectivity index (χ1n) is 11.2. The Kier molecular flexibility index (Phi) is 6.78. The summed E-state index contributed by atoms with van der Waals surface area (Å²) in [7, 11) is 3.04. The average molecular weight is 488 g/mol. The molecule has 4 rings (SSSR count). The maximum Gasteiger partial charge on any atom is 0.307 e. The Bertz CT molecular complexity index is 1370. The van der Waals surface area contributed by atoms with Crippen LogP contribution in [0.4, 0.5) is 5.69 Å². The minimum absolute atomic E-state index is 0.0591. The zero-order chi connectivity index (χ0) is 26.0. The van der Waals surface area contributed by atoms with Gasteiger partial charge in [-0.25, -0.2) is 0 Å². The minimum Gasteiger partial charge on any atom is -0.507 e. The summed E-state index contributed by atoms with van der Waals surface area (Å²) in [5.74, 6) is -1.79. The van der Waals surface area contributed by atoms with Crippen molar-refractivity contribution in [1.82, 2.24) is 0 Å². The number of aliphatic carboxylic acids is 1. The molecule has 1 aliphatic heterocycles. The number of aliphatic hydroxyl groups excluding tert-OH is 1. The van der Waals surface area contributed by atoms with Crippen LogP contribution in [-0.2, 0) is 20.8 Å². The molecule has 0 bridgehead atoms. The van der Waals surface area contributed by atoms with Crippen molar-refractivity contribution in [2.24, 2.45) is 0 Å². The van der Waals surface area contributed by atoms with Gasteiger partial charge in [0, 0.05) is 11.3 Å². The number of anilines is 1. The molecule has 3 aromatic carbocycles. The van der Waals surface area contributed by atoms with Gasteiger partial charge in [0.15, 0.2) is 0 Å². The molecule has 0 aromatic heterocycles. The Labute approximate surface area is 208 Å². The number of carbonyl (C=O) groups is 3. The third kappa shape index (κ3) is 4.53. The molecule has 8 nitrogen and oxygen atoms in total. The van der Waals surface area contributed by atoms with Crippen molar-refractivity contribution in [2.75, 3.05) is 19.1 Å². The van der Waals surface area contributed by atoms with E-state index in [1.807, 2.05) is 0 Å². The summed E-state index contributed by atoms with van der Waals surface area (Å²) < 4.78 is 10.6. The van der Waals surface area contributed by atoms with Crippen LogP contribution in [0.1, 0.15) is 28.3 Å². The topological polar surface area (TPSA) is 113 Å². The number of carboxylic acid groups (broad SMARTS) is 1. The van der Waals surface area contributed by atoms with E-state index in [0.29, 0.717) is 39.4 Å². The lowest BCUT2D eigenvalue weighted by Gasteiger charge is -2.26. The molecule has 1 amide bonds. The first-order chi connectivity index (χ1) is 17.2. The number of carbonyl (C=O) groups excluding carboxylic acids is 2. The highest BCUT2D eigenvalue weighted by Gasteiger charge is 2.47. The van der Waals surface area contributed by atoms with Gasteiger partial charge in [0.25, 0.3) is 11.7 Å². The largest absolute Gasteiger partial charge is 0.507 e. The van der Waals surface area contributed by atoms with E-state index in [-0.39, 0.29) is 17.8 Å². The Hall–Kier alpha value is -4.59. The number of methoxy groups -OCH3 is 2. The van der Waals surface area contributed by atoms with Crippen LogP contribution in [-0.4, -0.2) is 42.1 Å². The molecule has 0 spiro atoms. The third-order valence-electron chi connectivity index (χ3n) is 6.11. The lowest BCUT2D eigenvalue weighted by atomic mass is 9.93. The van der Waals surface area contributed by atoms with Crippen LogP contribution in [0.15, 0.2) is 72.3 Å². The number of hydrogen-bond donors (Lipinski definition) is 2. The number of rotatable bonds is 7. The summed E-state index contributed by atoms with van der Waals surface area (Å²) in [4.78, 5) is 39.0. The second-order valence-corrected chi connectivity index (χ2v) is 8.36. The molecule has 1 saturated heterocycles. The lowest BCUT2D eigenvalue weighted by molar-refractivity contribution is -0.136. The molecule has 1 aliphatic rings. The summed E-state index contributed by atoms with van der Waals surface area (Å²) in [6.45, 7) is 1.77. The van der Waals surface area contributed by atoms with Crippen molar-refractivity contribution in [3.8, 4) is 11.5 Å². The summed E-state index contributed by atoms with van der Waals surface area (Å²) in [5, 5.41) is 20.4. The fraction of sp³-hybridized carbons (Fsp3) is 0.179. The average Bonchev–Trinajstić information content (AvgIpc) is 3.14. The smallest absolute Gasteiger partial charge is 0.307 e. The number of ketones is 1. The van der Waals surface area contributed by atoms with Crippen LogP contribution in [0.3, 0.4) is 0 Å². The van der Waals surface area contributed by atoms with Gasteiger partial charge in [-0.05, 0) is 66.1 Å². The first kappa shape index (κ1) is 24.5. The van der Waals surface area contributed by atoms with Crippen LogP contribution in [0, 0.1) is 6.92 Å².